The molecule has 5 nitrogen and oxygen atoms in total. The van der Waals surface area contributed by atoms with Crippen molar-refractivity contribution in [1.29, 1.82) is 0 Å². The molecule has 1 saturated heterocycles. The van der Waals surface area contributed by atoms with Crippen LogP contribution in [0.4, 0.5) is 0 Å². The third-order valence-electron chi connectivity index (χ3n) is 4.25. The van der Waals surface area contributed by atoms with E-state index in [2.05, 4.69) is 4.90 Å². The Morgan fingerprint density at radius 3 is 2.62 bits per heavy atom. The normalized spacial score (nSPS) is 27.6. The van der Waals surface area contributed by atoms with Gasteiger partial charge in [0.2, 0.25) is 0 Å². The molecular formula is C15H21NO4S. The fraction of sp³-hybridized carbons (Fsp3) is 0.600. The van der Waals surface area contributed by atoms with Gasteiger partial charge in [0.05, 0.1) is 11.5 Å². The molecule has 0 aromatic heterocycles. The molecule has 0 bridgehead atoms. The van der Waals surface area contributed by atoms with Crippen molar-refractivity contribution in [2.75, 3.05) is 24.6 Å². The molecule has 6 heteroatoms. The Bertz CT molecular complexity index is 640. The van der Waals surface area contributed by atoms with E-state index in [1.165, 1.54) is 0 Å². The number of rotatable bonds is 1. The summed E-state index contributed by atoms with van der Waals surface area (Å²) in [5.74, 6) is 1.33. The number of nitrogens with zero attached hydrogens (tertiary/aromatic N) is 1. The number of aromatic hydroxyl groups is 1. The van der Waals surface area contributed by atoms with Crippen LogP contribution in [0.25, 0.3) is 0 Å². The minimum absolute atomic E-state index is 0.139. The molecule has 0 spiro atoms. The Labute approximate surface area is 125 Å². The number of hydrogen-bond donors (Lipinski definition) is 1. The van der Waals surface area contributed by atoms with Crippen LogP contribution >= 0.6 is 0 Å². The molecule has 1 N–H and O–H groups in total. The van der Waals surface area contributed by atoms with Crippen LogP contribution in [0.15, 0.2) is 18.2 Å². The molecule has 2 aliphatic rings. The summed E-state index contributed by atoms with van der Waals surface area (Å²) in [6.45, 7) is 5.16. The van der Waals surface area contributed by atoms with E-state index in [4.69, 9.17) is 4.74 Å². The van der Waals surface area contributed by atoms with Crippen LogP contribution in [0.3, 0.4) is 0 Å². The molecular weight excluding hydrogens is 290 g/mol. The van der Waals surface area contributed by atoms with Crippen LogP contribution < -0.4 is 4.74 Å². The second kappa shape index (κ2) is 4.88. The van der Waals surface area contributed by atoms with Gasteiger partial charge in [-0.3, -0.25) is 4.90 Å². The molecule has 2 aliphatic heterocycles. The molecule has 116 valence electrons. The number of sulfone groups is 1. The summed E-state index contributed by atoms with van der Waals surface area (Å²) in [5.41, 5.74) is 0.702. The number of ether oxygens (including phenoxy) is 1. The number of fused-ring (bicyclic) bond motifs is 1. The molecule has 2 heterocycles. The van der Waals surface area contributed by atoms with E-state index in [-0.39, 0.29) is 28.9 Å². The van der Waals surface area contributed by atoms with Crippen molar-refractivity contribution in [3.63, 3.8) is 0 Å². The van der Waals surface area contributed by atoms with Gasteiger partial charge < -0.3 is 9.84 Å². The van der Waals surface area contributed by atoms with Gasteiger partial charge >= 0.3 is 0 Å². The van der Waals surface area contributed by atoms with E-state index >= 15 is 0 Å². The van der Waals surface area contributed by atoms with Crippen molar-refractivity contribution in [3.8, 4) is 11.5 Å². The van der Waals surface area contributed by atoms with E-state index in [0.29, 0.717) is 18.8 Å². The minimum atomic E-state index is -2.88. The van der Waals surface area contributed by atoms with Crippen LogP contribution in [-0.2, 0) is 9.84 Å². The molecule has 1 aromatic carbocycles. The third-order valence-corrected chi connectivity index (χ3v) is 5.86. The zero-order chi connectivity index (χ0) is 15.3. The smallest absolute Gasteiger partial charge is 0.152 e. The standard InChI is InChI=1S/C15H21NO4S/c1-15(2)10-13(16-5-7-21(18,19)8-6-16)12-4-3-11(17)9-14(12)20-15/h3-4,9,13,17H,5-8,10H2,1-2H3. The zero-order valence-corrected chi connectivity index (χ0v) is 13.2. The summed E-state index contributed by atoms with van der Waals surface area (Å²) in [6, 6.07) is 5.33. The molecule has 1 aromatic rings. The number of hydrogen-bond acceptors (Lipinski definition) is 5. The molecule has 0 aliphatic carbocycles. The first-order valence-corrected chi connectivity index (χ1v) is 9.04. The molecule has 1 unspecified atom stereocenters. The fourth-order valence-electron chi connectivity index (χ4n) is 3.17. The van der Waals surface area contributed by atoms with Gasteiger partial charge in [0, 0.05) is 37.2 Å². The summed E-state index contributed by atoms with van der Waals surface area (Å²) >= 11 is 0. The third kappa shape index (κ3) is 3.01. The Morgan fingerprint density at radius 2 is 1.95 bits per heavy atom. The Kier molecular flexibility index (Phi) is 3.41. The highest BCUT2D eigenvalue weighted by molar-refractivity contribution is 7.91. The van der Waals surface area contributed by atoms with Gasteiger partial charge in [-0.15, -0.1) is 0 Å². The zero-order valence-electron chi connectivity index (χ0n) is 12.4. The predicted molar refractivity (Wildman–Crippen MR) is 80.4 cm³/mol. The SMILES string of the molecule is CC1(C)CC(N2CCS(=O)(=O)CC2)c2ccc(O)cc2O1. The first-order valence-electron chi connectivity index (χ1n) is 7.22. The van der Waals surface area contributed by atoms with Gasteiger partial charge in [-0.05, 0) is 19.9 Å². The molecule has 3 rings (SSSR count). The van der Waals surface area contributed by atoms with Crippen LogP contribution in [0.1, 0.15) is 31.9 Å². The summed E-state index contributed by atoms with van der Waals surface area (Å²) in [7, 11) is -2.88. The van der Waals surface area contributed by atoms with Gasteiger partial charge in [-0.2, -0.15) is 0 Å². The maximum Gasteiger partial charge on any atom is 0.152 e. The molecule has 1 atom stereocenters. The van der Waals surface area contributed by atoms with Crippen LogP contribution in [0.2, 0.25) is 0 Å². The van der Waals surface area contributed by atoms with E-state index in [0.717, 1.165) is 12.0 Å². The maximum absolute atomic E-state index is 11.6. The number of benzene rings is 1. The lowest BCUT2D eigenvalue weighted by Gasteiger charge is -2.43. The highest BCUT2D eigenvalue weighted by Gasteiger charge is 2.38. The maximum atomic E-state index is 11.6. The van der Waals surface area contributed by atoms with E-state index in [9.17, 15) is 13.5 Å². The van der Waals surface area contributed by atoms with Gasteiger partial charge in [-0.1, -0.05) is 6.07 Å². The minimum Gasteiger partial charge on any atom is -0.508 e. The monoisotopic (exact) mass is 311 g/mol. The second-order valence-electron chi connectivity index (χ2n) is 6.49. The van der Waals surface area contributed by atoms with Gasteiger partial charge in [0.15, 0.2) is 9.84 Å². The number of phenols is 1. The van der Waals surface area contributed by atoms with Crippen molar-refractivity contribution in [2.24, 2.45) is 0 Å². The van der Waals surface area contributed by atoms with Gasteiger partial charge in [0.25, 0.3) is 0 Å². The van der Waals surface area contributed by atoms with Crippen molar-refractivity contribution >= 4 is 9.84 Å². The molecule has 0 amide bonds. The average molecular weight is 311 g/mol. The van der Waals surface area contributed by atoms with Crippen molar-refractivity contribution in [1.82, 2.24) is 4.90 Å². The Hall–Kier alpha value is -1.27. The summed E-state index contributed by atoms with van der Waals surface area (Å²) in [5, 5.41) is 9.65. The van der Waals surface area contributed by atoms with Crippen molar-refractivity contribution in [2.45, 2.75) is 31.9 Å². The predicted octanol–water partition coefficient (Wildman–Crippen LogP) is 1.72. The lowest BCUT2D eigenvalue weighted by atomic mass is 9.88. The first-order chi connectivity index (χ1) is 9.76. The van der Waals surface area contributed by atoms with E-state index < -0.39 is 9.84 Å². The van der Waals surface area contributed by atoms with Crippen LogP contribution in [-0.4, -0.2) is 48.6 Å². The Balaban J connectivity index is 1.92. The molecule has 1 fully saturated rings. The highest BCUT2D eigenvalue weighted by atomic mass is 32.2. The fourth-order valence-corrected chi connectivity index (χ4v) is 4.40. The van der Waals surface area contributed by atoms with E-state index in [1.807, 2.05) is 19.9 Å². The first kappa shape index (κ1) is 14.7. The highest BCUT2D eigenvalue weighted by Crippen LogP contribution is 2.44. The summed E-state index contributed by atoms with van der Waals surface area (Å²) in [6.07, 6.45) is 0.810. The van der Waals surface area contributed by atoms with Crippen molar-refractivity contribution < 1.29 is 18.3 Å². The van der Waals surface area contributed by atoms with Crippen LogP contribution in [0.5, 0.6) is 11.5 Å². The number of phenolic OH excluding ortho intramolecular Hbond substituents is 1. The van der Waals surface area contributed by atoms with E-state index in [1.54, 1.807) is 12.1 Å². The lowest BCUT2D eigenvalue weighted by molar-refractivity contribution is 0.0320. The largest absolute Gasteiger partial charge is 0.508 e. The lowest BCUT2D eigenvalue weighted by Crippen LogP contribution is -2.47. The van der Waals surface area contributed by atoms with Crippen LogP contribution in [0, 0.1) is 0 Å². The molecule has 0 saturated carbocycles. The average Bonchev–Trinajstić information content (AvgIpc) is 2.36. The summed E-state index contributed by atoms with van der Waals surface area (Å²) < 4.78 is 29.2. The Morgan fingerprint density at radius 1 is 1.29 bits per heavy atom. The quantitative estimate of drug-likeness (QED) is 0.855. The van der Waals surface area contributed by atoms with Gasteiger partial charge in [0.1, 0.15) is 17.1 Å². The second-order valence-corrected chi connectivity index (χ2v) is 8.80. The topological polar surface area (TPSA) is 66.8 Å². The van der Waals surface area contributed by atoms with Crippen molar-refractivity contribution in [3.05, 3.63) is 23.8 Å². The molecule has 0 radical (unpaired) electrons. The summed E-state index contributed by atoms with van der Waals surface area (Å²) in [4.78, 5) is 2.22. The molecule has 21 heavy (non-hydrogen) atoms. The van der Waals surface area contributed by atoms with Gasteiger partial charge in [-0.25, -0.2) is 8.42 Å².